The predicted molar refractivity (Wildman–Crippen MR) is 99.5 cm³/mol. The number of amides is 1. The van der Waals surface area contributed by atoms with Crippen molar-refractivity contribution in [1.82, 2.24) is 9.88 Å². The second-order valence-electron chi connectivity index (χ2n) is 6.32. The number of methoxy groups -OCH3 is 1. The van der Waals surface area contributed by atoms with Gasteiger partial charge in [0.05, 0.1) is 12.7 Å². The minimum atomic E-state index is -0.371. The molecule has 2 aromatic carbocycles. The third kappa shape index (κ3) is 2.84. The van der Waals surface area contributed by atoms with Gasteiger partial charge in [-0.15, -0.1) is 0 Å². The zero-order valence-corrected chi connectivity index (χ0v) is 15.0. The van der Waals surface area contributed by atoms with Gasteiger partial charge in [0.15, 0.2) is 0 Å². The summed E-state index contributed by atoms with van der Waals surface area (Å²) in [6.45, 7) is 1.13. The number of ether oxygens (including phenoxy) is 1. The Labute approximate surface area is 155 Å². The maximum atomic E-state index is 12.8. The SMILES string of the molecule is COC(=O)c1ccc2[nH]c3c(c2c1)CN(C(=O)c1cccc(Cl)c1)CC3. The van der Waals surface area contributed by atoms with Crippen molar-refractivity contribution in [3.63, 3.8) is 0 Å². The van der Waals surface area contributed by atoms with E-state index in [0.717, 1.165) is 28.6 Å². The highest BCUT2D eigenvalue weighted by Crippen LogP contribution is 2.29. The molecule has 0 bridgehead atoms. The minimum Gasteiger partial charge on any atom is -0.465 e. The number of rotatable bonds is 2. The molecule has 26 heavy (non-hydrogen) atoms. The van der Waals surface area contributed by atoms with Gasteiger partial charge in [0.25, 0.3) is 5.91 Å². The molecule has 1 aromatic heterocycles. The van der Waals surface area contributed by atoms with E-state index in [4.69, 9.17) is 16.3 Å². The summed E-state index contributed by atoms with van der Waals surface area (Å²) in [4.78, 5) is 29.9. The molecule has 0 atom stereocenters. The zero-order valence-electron chi connectivity index (χ0n) is 14.2. The van der Waals surface area contributed by atoms with Gasteiger partial charge in [0, 0.05) is 52.3 Å². The van der Waals surface area contributed by atoms with Crippen LogP contribution in [0, 0.1) is 0 Å². The molecule has 0 saturated carbocycles. The molecule has 5 nitrogen and oxygen atoms in total. The van der Waals surface area contributed by atoms with Gasteiger partial charge < -0.3 is 14.6 Å². The summed E-state index contributed by atoms with van der Waals surface area (Å²) in [7, 11) is 1.37. The molecule has 4 rings (SSSR count). The smallest absolute Gasteiger partial charge is 0.337 e. The van der Waals surface area contributed by atoms with Crippen LogP contribution >= 0.6 is 11.6 Å². The molecule has 0 spiro atoms. The van der Waals surface area contributed by atoms with Crippen molar-refractivity contribution in [2.24, 2.45) is 0 Å². The van der Waals surface area contributed by atoms with Crippen molar-refractivity contribution in [3.05, 3.63) is 69.9 Å². The lowest BCUT2D eigenvalue weighted by molar-refractivity contribution is 0.0600. The molecule has 0 fully saturated rings. The summed E-state index contributed by atoms with van der Waals surface area (Å²) >= 11 is 6.01. The van der Waals surface area contributed by atoms with E-state index in [2.05, 4.69) is 4.98 Å². The van der Waals surface area contributed by atoms with E-state index in [1.807, 2.05) is 17.0 Å². The molecule has 0 unspecified atom stereocenters. The highest BCUT2D eigenvalue weighted by Gasteiger charge is 2.25. The lowest BCUT2D eigenvalue weighted by Gasteiger charge is -2.27. The predicted octanol–water partition coefficient (Wildman–Crippen LogP) is 3.81. The Hall–Kier alpha value is -2.79. The first-order valence-corrected chi connectivity index (χ1v) is 8.71. The first-order valence-electron chi connectivity index (χ1n) is 8.33. The summed E-state index contributed by atoms with van der Waals surface area (Å²) in [5.74, 6) is -0.416. The summed E-state index contributed by atoms with van der Waals surface area (Å²) in [5.41, 5.74) is 4.19. The molecule has 0 saturated heterocycles. The van der Waals surface area contributed by atoms with Crippen molar-refractivity contribution >= 4 is 34.4 Å². The fourth-order valence-electron chi connectivity index (χ4n) is 3.44. The normalized spacial score (nSPS) is 13.5. The van der Waals surface area contributed by atoms with Crippen LogP contribution in [0.15, 0.2) is 42.5 Å². The van der Waals surface area contributed by atoms with E-state index in [9.17, 15) is 9.59 Å². The number of nitrogens with zero attached hydrogens (tertiary/aromatic N) is 1. The first kappa shape index (κ1) is 16.7. The molecule has 0 aliphatic carbocycles. The molecule has 3 aromatic rings. The molecule has 2 heterocycles. The Morgan fingerprint density at radius 3 is 2.77 bits per heavy atom. The van der Waals surface area contributed by atoms with E-state index in [-0.39, 0.29) is 11.9 Å². The van der Waals surface area contributed by atoms with Gasteiger partial charge in [-0.05, 0) is 36.4 Å². The number of hydrogen-bond acceptors (Lipinski definition) is 3. The van der Waals surface area contributed by atoms with E-state index >= 15 is 0 Å². The van der Waals surface area contributed by atoms with E-state index in [1.54, 1.807) is 30.3 Å². The summed E-state index contributed by atoms with van der Waals surface area (Å²) in [6, 6.07) is 12.4. The third-order valence-electron chi connectivity index (χ3n) is 4.76. The molecule has 132 valence electrons. The fraction of sp³-hybridized carbons (Fsp3) is 0.200. The van der Waals surface area contributed by atoms with Gasteiger partial charge in [-0.1, -0.05) is 17.7 Å². The third-order valence-corrected chi connectivity index (χ3v) is 4.99. The summed E-state index contributed by atoms with van der Waals surface area (Å²) in [5, 5.41) is 1.50. The second kappa shape index (κ2) is 6.50. The first-order chi connectivity index (χ1) is 12.6. The Morgan fingerprint density at radius 1 is 1.15 bits per heavy atom. The van der Waals surface area contributed by atoms with Crippen LogP contribution in [0.5, 0.6) is 0 Å². The van der Waals surface area contributed by atoms with Crippen LogP contribution in [0.25, 0.3) is 10.9 Å². The second-order valence-corrected chi connectivity index (χ2v) is 6.76. The average Bonchev–Trinajstić information content (AvgIpc) is 3.03. The number of aromatic amines is 1. The molecular weight excluding hydrogens is 352 g/mol. The van der Waals surface area contributed by atoms with E-state index in [0.29, 0.717) is 29.2 Å². The lowest BCUT2D eigenvalue weighted by Crippen LogP contribution is -2.35. The number of esters is 1. The van der Waals surface area contributed by atoms with Crippen LogP contribution in [0.4, 0.5) is 0 Å². The monoisotopic (exact) mass is 368 g/mol. The minimum absolute atomic E-state index is 0.0448. The van der Waals surface area contributed by atoms with Crippen LogP contribution in [0.1, 0.15) is 32.0 Å². The number of H-pyrrole nitrogens is 1. The number of aromatic nitrogens is 1. The van der Waals surface area contributed by atoms with Crippen molar-refractivity contribution in [2.45, 2.75) is 13.0 Å². The van der Waals surface area contributed by atoms with Gasteiger partial charge >= 0.3 is 5.97 Å². The zero-order chi connectivity index (χ0) is 18.3. The highest BCUT2D eigenvalue weighted by atomic mass is 35.5. The molecule has 6 heteroatoms. The quantitative estimate of drug-likeness (QED) is 0.700. The van der Waals surface area contributed by atoms with Crippen LogP contribution < -0.4 is 0 Å². The Balaban J connectivity index is 1.69. The lowest BCUT2D eigenvalue weighted by atomic mass is 10.0. The largest absolute Gasteiger partial charge is 0.465 e. The van der Waals surface area contributed by atoms with Gasteiger partial charge in [0.1, 0.15) is 0 Å². The topological polar surface area (TPSA) is 62.4 Å². The van der Waals surface area contributed by atoms with Gasteiger partial charge in [-0.2, -0.15) is 0 Å². The summed E-state index contributed by atoms with van der Waals surface area (Å²) < 4.78 is 4.81. The fourth-order valence-corrected chi connectivity index (χ4v) is 3.63. The molecular formula is C20H17ClN2O3. The average molecular weight is 369 g/mol. The Bertz CT molecular complexity index is 1030. The molecule has 0 radical (unpaired) electrons. The molecule has 1 amide bonds. The number of halogens is 1. The van der Waals surface area contributed by atoms with Crippen molar-refractivity contribution < 1.29 is 14.3 Å². The Kier molecular flexibility index (Phi) is 4.17. The maximum absolute atomic E-state index is 12.8. The van der Waals surface area contributed by atoms with Gasteiger partial charge in [-0.25, -0.2) is 4.79 Å². The van der Waals surface area contributed by atoms with Crippen LogP contribution in [-0.4, -0.2) is 35.4 Å². The summed E-state index contributed by atoms with van der Waals surface area (Å²) in [6.07, 6.45) is 0.740. The molecule has 1 N–H and O–H groups in total. The number of benzene rings is 2. The number of carbonyl (C=O) groups is 2. The number of fused-ring (bicyclic) bond motifs is 3. The van der Waals surface area contributed by atoms with Crippen LogP contribution in [0.2, 0.25) is 5.02 Å². The van der Waals surface area contributed by atoms with Crippen molar-refractivity contribution in [2.75, 3.05) is 13.7 Å². The number of carbonyl (C=O) groups excluding carboxylic acids is 2. The molecule has 1 aliphatic rings. The van der Waals surface area contributed by atoms with Crippen LogP contribution in [0.3, 0.4) is 0 Å². The standard InChI is InChI=1S/C20H17ClN2O3/c1-26-20(25)13-5-6-17-15(10-13)16-11-23(8-7-18(16)22-17)19(24)12-3-2-4-14(21)9-12/h2-6,9-10,22H,7-8,11H2,1H3. The molecule has 1 aliphatic heterocycles. The van der Waals surface area contributed by atoms with Gasteiger partial charge in [0.2, 0.25) is 0 Å². The van der Waals surface area contributed by atoms with Crippen molar-refractivity contribution in [1.29, 1.82) is 0 Å². The van der Waals surface area contributed by atoms with Crippen LogP contribution in [-0.2, 0) is 17.7 Å². The van der Waals surface area contributed by atoms with Crippen molar-refractivity contribution in [3.8, 4) is 0 Å². The van der Waals surface area contributed by atoms with E-state index in [1.165, 1.54) is 7.11 Å². The highest BCUT2D eigenvalue weighted by molar-refractivity contribution is 6.30. The Morgan fingerprint density at radius 2 is 2.00 bits per heavy atom. The number of hydrogen-bond donors (Lipinski definition) is 1. The van der Waals surface area contributed by atoms with Gasteiger partial charge in [-0.3, -0.25) is 4.79 Å². The number of nitrogens with one attached hydrogen (secondary N) is 1. The van der Waals surface area contributed by atoms with E-state index < -0.39 is 0 Å². The maximum Gasteiger partial charge on any atom is 0.337 e.